The van der Waals surface area contributed by atoms with Crippen LogP contribution in [0.3, 0.4) is 0 Å². The molecule has 0 aliphatic carbocycles. The summed E-state index contributed by atoms with van der Waals surface area (Å²) in [5.74, 6) is -11.1. The average molecular weight is 587 g/mol. The third-order valence-corrected chi connectivity index (χ3v) is 8.46. The number of rotatable bonds is 5. The van der Waals surface area contributed by atoms with Crippen molar-refractivity contribution in [1.29, 1.82) is 0 Å². The van der Waals surface area contributed by atoms with Gasteiger partial charge >= 0.3 is 23.3 Å². The van der Waals surface area contributed by atoms with Crippen molar-refractivity contribution >= 4 is 31.8 Å². The molecule has 37 heavy (non-hydrogen) atoms. The number of hydrogen-bond donors (Lipinski definition) is 0. The first-order valence-electron chi connectivity index (χ1n) is 10.6. The van der Waals surface area contributed by atoms with Crippen LogP contribution in [0.4, 0.5) is 39.5 Å². The second kappa shape index (κ2) is 10.4. The van der Waals surface area contributed by atoms with Crippen LogP contribution in [-0.2, 0) is 21.0 Å². The Hall–Kier alpha value is -1.87. The molecule has 1 saturated heterocycles. The van der Waals surface area contributed by atoms with Gasteiger partial charge in [-0.2, -0.15) is 39.5 Å². The minimum Gasteiger partial charge on any atom is -0.743 e. The number of ether oxygens (including phenoxy) is 1. The summed E-state index contributed by atoms with van der Waals surface area (Å²) in [6.07, 6.45) is -4.39. The van der Waals surface area contributed by atoms with Crippen molar-refractivity contribution in [3.05, 3.63) is 36.4 Å². The molecular weight excluding hydrogens is 563 g/mol. The Kier molecular flexibility index (Phi) is 8.78. The van der Waals surface area contributed by atoms with Crippen LogP contribution in [-0.4, -0.2) is 53.4 Å². The molecule has 4 nitrogen and oxygen atoms in total. The maximum absolute atomic E-state index is 12.2. The van der Waals surface area contributed by atoms with Gasteiger partial charge in [-0.05, 0) is 51.8 Å². The summed E-state index contributed by atoms with van der Waals surface area (Å²) in [6, 6.07) is 13.2. The van der Waals surface area contributed by atoms with Crippen LogP contribution in [0.15, 0.2) is 41.3 Å². The van der Waals surface area contributed by atoms with Gasteiger partial charge in [-0.25, -0.2) is 8.42 Å². The molecule has 0 bridgehead atoms. The highest BCUT2D eigenvalue weighted by molar-refractivity contribution is 7.97. The maximum Gasteiger partial charge on any atom is 0.460 e. The topological polar surface area (TPSA) is 66.4 Å². The minimum atomic E-state index is -7.43. The van der Waals surface area contributed by atoms with Crippen molar-refractivity contribution < 1.29 is 57.2 Å². The number of fused-ring (bicyclic) bond motifs is 1. The fraction of sp³-hybridized carbons (Fsp3) is 0.545. The molecule has 0 radical (unpaired) electrons. The van der Waals surface area contributed by atoms with Crippen LogP contribution in [0.1, 0.15) is 33.6 Å². The van der Waals surface area contributed by atoms with E-state index in [0.29, 0.717) is 10.9 Å². The predicted octanol–water partition coefficient (Wildman–Crippen LogP) is 6.75. The zero-order chi connectivity index (χ0) is 28.7. The second-order valence-corrected chi connectivity index (χ2v) is 12.7. The zero-order valence-electron chi connectivity index (χ0n) is 19.6. The third-order valence-electron chi connectivity index (χ3n) is 5.03. The Morgan fingerprint density at radius 2 is 1.27 bits per heavy atom. The van der Waals surface area contributed by atoms with E-state index in [9.17, 15) is 52.5 Å². The molecule has 210 valence electrons. The standard InChI is InChI=1S/C18H23OS.C4HF9O3S/c1-18(2,3)19-16-10-11-17(20-12-6-7-13-20)15-9-5-4-8-14(15)16;5-1(6,3(9,10)11)2(7,8)4(12,13)17(14,15)16/h4-5,8-11H,6-7,12-13H2,1-3H3;(H,14,15,16)/q+1;/p-1. The van der Waals surface area contributed by atoms with Gasteiger partial charge in [0.2, 0.25) is 0 Å². The number of hydrogen-bond acceptors (Lipinski definition) is 4. The van der Waals surface area contributed by atoms with Crippen LogP contribution >= 0.6 is 0 Å². The summed E-state index contributed by atoms with van der Waals surface area (Å²) < 4.78 is 142. The Bertz CT molecular complexity index is 1200. The van der Waals surface area contributed by atoms with E-state index < -0.39 is 33.4 Å². The van der Waals surface area contributed by atoms with Gasteiger partial charge in [0.05, 0.1) is 0 Å². The molecule has 0 N–H and O–H groups in total. The summed E-state index contributed by atoms with van der Waals surface area (Å²) in [6.45, 7) is 6.32. The molecule has 1 fully saturated rings. The lowest BCUT2D eigenvalue weighted by Crippen LogP contribution is -2.63. The molecule has 0 spiro atoms. The molecule has 0 aromatic heterocycles. The van der Waals surface area contributed by atoms with E-state index in [1.807, 2.05) is 0 Å². The highest BCUT2D eigenvalue weighted by atomic mass is 32.2. The second-order valence-electron chi connectivity index (χ2n) is 9.05. The number of halogens is 9. The highest BCUT2D eigenvalue weighted by Crippen LogP contribution is 2.54. The first kappa shape index (κ1) is 31.3. The smallest absolute Gasteiger partial charge is 0.460 e. The quantitative estimate of drug-likeness (QED) is 0.221. The first-order valence-corrected chi connectivity index (χ1v) is 13.6. The number of alkyl halides is 9. The molecule has 1 aliphatic heterocycles. The van der Waals surface area contributed by atoms with Crippen LogP contribution in [0, 0.1) is 0 Å². The molecule has 0 atom stereocenters. The van der Waals surface area contributed by atoms with Gasteiger partial charge in [0.25, 0.3) is 0 Å². The van der Waals surface area contributed by atoms with E-state index in [1.54, 1.807) is 4.90 Å². The lowest BCUT2D eigenvalue weighted by atomic mass is 10.1. The molecule has 1 heterocycles. The molecule has 2 aromatic carbocycles. The van der Waals surface area contributed by atoms with Gasteiger partial charge in [0, 0.05) is 21.7 Å². The maximum atomic E-state index is 12.2. The van der Waals surface area contributed by atoms with Crippen LogP contribution in [0.2, 0.25) is 0 Å². The Balaban J connectivity index is 0.000000265. The molecule has 0 unspecified atom stereocenters. The van der Waals surface area contributed by atoms with Crippen molar-refractivity contribution in [2.45, 2.75) is 67.4 Å². The average Bonchev–Trinajstić information content (AvgIpc) is 3.26. The third kappa shape index (κ3) is 6.41. The molecule has 0 amide bonds. The van der Waals surface area contributed by atoms with E-state index in [0.717, 1.165) is 5.75 Å². The first-order chi connectivity index (χ1) is 16.5. The molecule has 1 aliphatic rings. The van der Waals surface area contributed by atoms with E-state index in [2.05, 4.69) is 57.2 Å². The highest BCUT2D eigenvalue weighted by Gasteiger charge is 2.83. The Morgan fingerprint density at radius 1 is 0.784 bits per heavy atom. The lowest BCUT2D eigenvalue weighted by molar-refractivity contribution is -0.382. The summed E-state index contributed by atoms with van der Waals surface area (Å²) in [5.41, 5.74) is -0.153. The SMILES string of the molecule is CC(C)(C)Oc1ccc([S+]2CCCC2)c2ccccc12.O=S(=O)([O-])C(F)(F)C(F)(F)C(F)(F)C(F)(F)F. The van der Waals surface area contributed by atoms with E-state index in [4.69, 9.17) is 4.74 Å². The van der Waals surface area contributed by atoms with Gasteiger partial charge in [-0.1, -0.05) is 18.2 Å². The lowest BCUT2D eigenvalue weighted by Gasteiger charge is -2.34. The van der Waals surface area contributed by atoms with E-state index in [-0.39, 0.29) is 5.60 Å². The molecular formula is C22H23F9O4S2. The fourth-order valence-corrected chi connectivity index (χ4v) is 6.25. The summed E-state index contributed by atoms with van der Waals surface area (Å²) in [5, 5.41) is -4.46. The summed E-state index contributed by atoms with van der Waals surface area (Å²) >= 11 is 0. The fourth-order valence-electron chi connectivity index (χ4n) is 3.31. The Morgan fingerprint density at radius 3 is 1.70 bits per heavy atom. The van der Waals surface area contributed by atoms with Crippen molar-refractivity contribution in [1.82, 2.24) is 0 Å². The van der Waals surface area contributed by atoms with Crippen LogP contribution in [0.5, 0.6) is 5.75 Å². The van der Waals surface area contributed by atoms with Gasteiger partial charge in [0.15, 0.2) is 15.0 Å². The molecule has 0 saturated carbocycles. The largest absolute Gasteiger partial charge is 0.743 e. The molecule has 3 rings (SSSR count). The van der Waals surface area contributed by atoms with Gasteiger partial charge < -0.3 is 9.29 Å². The zero-order valence-corrected chi connectivity index (χ0v) is 21.3. The molecule has 2 aromatic rings. The summed E-state index contributed by atoms with van der Waals surface area (Å²) in [7, 11) is -6.97. The van der Waals surface area contributed by atoms with Crippen LogP contribution < -0.4 is 4.74 Å². The van der Waals surface area contributed by atoms with Gasteiger partial charge in [0.1, 0.15) is 22.9 Å². The van der Waals surface area contributed by atoms with Crippen molar-refractivity contribution in [2.75, 3.05) is 11.5 Å². The van der Waals surface area contributed by atoms with Crippen molar-refractivity contribution in [2.24, 2.45) is 0 Å². The van der Waals surface area contributed by atoms with E-state index in [1.165, 1.54) is 35.1 Å². The number of benzene rings is 2. The van der Waals surface area contributed by atoms with Crippen molar-refractivity contribution in [3.63, 3.8) is 0 Å². The van der Waals surface area contributed by atoms with Gasteiger partial charge in [-0.15, -0.1) is 0 Å². The monoisotopic (exact) mass is 586 g/mol. The molecule has 15 heteroatoms. The van der Waals surface area contributed by atoms with Crippen molar-refractivity contribution in [3.8, 4) is 5.75 Å². The van der Waals surface area contributed by atoms with E-state index >= 15 is 0 Å². The van der Waals surface area contributed by atoms with Crippen LogP contribution in [0.25, 0.3) is 10.8 Å². The Labute approximate surface area is 210 Å². The summed E-state index contributed by atoms with van der Waals surface area (Å²) in [4.78, 5) is 1.54. The minimum absolute atomic E-state index is 0.153. The normalized spacial score (nSPS) is 16.5. The predicted molar refractivity (Wildman–Crippen MR) is 120 cm³/mol. The van der Waals surface area contributed by atoms with Gasteiger partial charge in [-0.3, -0.25) is 0 Å².